The molecule has 0 unspecified atom stereocenters. The van der Waals surface area contributed by atoms with Crippen LogP contribution in [0.1, 0.15) is 36.8 Å². The third-order valence-corrected chi connectivity index (χ3v) is 4.50. The van der Waals surface area contributed by atoms with Crippen molar-refractivity contribution in [2.75, 3.05) is 17.4 Å². The largest absolute Gasteiger partial charge is 0.454 e. The molecule has 0 saturated carbocycles. The molecular formula is C22H22N4O3. The number of nitrogens with one attached hydrogen (secondary N) is 2. The highest BCUT2D eigenvalue weighted by molar-refractivity contribution is 6.03. The maximum absolute atomic E-state index is 12.6. The predicted octanol–water partition coefficient (Wildman–Crippen LogP) is 4.50. The van der Waals surface area contributed by atoms with Gasteiger partial charge in [0.25, 0.3) is 5.91 Å². The van der Waals surface area contributed by atoms with Gasteiger partial charge in [-0.3, -0.25) is 4.79 Å². The Morgan fingerprint density at radius 3 is 2.66 bits per heavy atom. The zero-order valence-electron chi connectivity index (χ0n) is 16.5. The van der Waals surface area contributed by atoms with Crippen molar-refractivity contribution in [1.29, 1.82) is 0 Å². The Labute approximate surface area is 169 Å². The number of carbonyl (C=O) groups excluding carboxylic acids is 1. The minimum atomic E-state index is -0.335. The van der Waals surface area contributed by atoms with E-state index in [4.69, 9.17) is 9.47 Å². The highest BCUT2D eigenvalue weighted by Crippen LogP contribution is 2.34. The number of hydrogen-bond acceptors (Lipinski definition) is 6. The molecule has 2 N–H and O–H groups in total. The zero-order valence-corrected chi connectivity index (χ0v) is 16.5. The number of ether oxygens (including phenoxy) is 2. The minimum absolute atomic E-state index is 0.0437. The first-order chi connectivity index (χ1) is 13.9. The van der Waals surface area contributed by atoms with Gasteiger partial charge in [0.1, 0.15) is 5.69 Å². The SMILES string of the molecule is CC(C)(C)c1ccccc1Nc1nccc(C(=O)Nc2ccc3c(c2)OCO3)n1. The maximum atomic E-state index is 12.6. The monoisotopic (exact) mass is 390 g/mol. The van der Waals surface area contributed by atoms with Crippen molar-refractivity contribution in [2.45, 2.75) is 26.2 Å². The normalized spacial score (nSPS) is 12.5. The molecule has 29 heavy (non-hydrogen) atoms. The molecule has 1 aliphatic heterocycles. The molecule has 1 amide bonds. The van der Waals surface area contributed by atoms with Crippen LogP contribution in [0.15, 0.2) is 54.7 Å². The van der Waals surface area contributed by atoms with E-state index in [0.717, 1.165) is 11.3 Å². The van der Waals surface area contributed by atoms with Gasteiger partial charge >= 0.3 is 0 Å². The van der Waals surface area contributed by atoms with Crippen molar-refractivity contribution in [3.63, 3.8) is 0 Å². The molecule has 1 aliphatic rings. The lowest BCUT2D eigenvalue weighted by atomic mass is 9.86. The van der Waals surface area contributed by atoms with Crippen molar-refractivity contribution >= 4 is 23.2 Å². The molecule has 1 aromatic heterocycles. The summed E-state index contributed by atoms with van der Waals surface area (Å²) < 4.78 is 10.6. The Balaban J connectivity index is 1.53. The molecule has 0 fully saturated rings. The van der Waals surface area contributed by atoms with E-state index in [9.17, 15) is 4.79 Å². The lowest BCUT2D eigenvalue weighted by Gasteiger charge is -2.23. The smallest absolute Gasteiger partial charge is 0.274 e. The van der Waals surface area contributed by atoms with Crippen molar-refractivity contribution in [2.24, 2.45) is 0 Å². The Bertz CT molecular complexity index is 1060. The van der Waals surface area contributed by atoms with E-state index < -0.39 is 0 Å². The molecule has 0 radical (unpaired) electrons. The standard InChI is InChI=1S/C22H22N4O3/c1-22(2,3)15-6-4-5-7-16(15)25-21-23-11-10-17(26-21)20(27)24-14-8-9-18-19(12-14)29-13-28-18/h4-12H,13H2,1-3H3,(H,24,27)(H,23,25,26). The topological polar surface area (TPSA) is 85.4 Å². The van der Waals surface area contributed by atoms with Crippen LogP contribution in [0.3, 0.4) is 0 Å². The van der Waals surface area contributed by atoms with Gasteiger partial charge in [-0.25, -0.2) is 9.97 Å². The molecular weight excluding hydrogens is 368 g/mol. The van der Waals surface area contributed by atoms with Crippen molar-refractivity contribution in [1.82, 2.24) is 9.97 Å². The van der Waals surface area contributed by atoms with E-state index in [2.05, 4.69) is 47.4 Å². The number of benzene rings is 2. The van der Waals surface area contributed by atoms with E-state index in [1.807, 2.05) is 18.2 Å². The van der Waals surface area contributed by atoms with Gasteiger partial charge < -0.3 is 20.1 Å². The third-order valence-electron chi connectivity index (χ3n) is 4.50. The number of hydrogen-bond donors (Lipinski definition) is 2. The average molecular weight is 390 g/mol. The second kappa shape index (κ2) is 7.43. The number of carbonyl (C=O) groups is 1. The molecule has 2 heterocycles. The predicted molar refractivity (Wildman–Crippen MR) is 111 cm³/mol. The first-order valence-electron chi connectivity index (χ1n) is 9.31. The number of aromatic nitrogens is 2. The van der Waals surface area contributed by atoms with Gasteiger partial charge in [0.05, 0.1) is 0 Å². The molecule has 4 rings (SSSR count). The summed E-state index contributed by atoms with van der Waals surface area (Å²) in [5, 5.41) is 6.06. The fraction of sp³-hybridized carbons (Fsp3) is 0.227. The summed E-state index contributed by atoms with van der Waals surface area (Å²) in [5.74, 6) is 1.29. The van der Waals surface area contributed by atoms with Gasteiger partial charge in [-0.15, -0.1) is 0 Å². The van der Waals surface area contributed by atoms with E-state index in [1.165, 1.54) is 0 Å². The van der Waals surface area contributed by atoms with Gasteiger partial charge in [0.15, 0.2) is 11.5 Å². The average Bonchev–Trinajstić information content (AvgIpc) is 3.15. The second-order valence-corrected chi connectivity index (χ2v) is 7.71. The molecule has 2 aromatic carbocycles. The Morgan fingerprint density at radius 1 is 1.03 bits per heavy atom. The van der Waals surface area contributed by atoms with Gasteiger partial charge in [0, 0.05) is 23.6 Å². The summed E-state index contributed by atoms with van der Waals surface area (Å²) in [5.41, 5.74) is 2.86. The highest BCUT2D eigenvalue weighted by atomic mass is 16.7. The van der Waals surface area contributed by atoms with E-state index in [0.29, 0.717) is 23.1 Å². The fourth-order valence-corrected chi connectivity index (χ4v) is 3.08. The summed E-state index contributed by atoms with van der Waals surface area (Å²) in [6.45, 7) is 6.61. The summed E-state index contributed by atoms with van der Waals surface area (Å²) in [6.07, 6.45) is 1.56. The van der Waals surface area contributed by atoms with Crippen molar-refractivity contribution in [3.05, 3.63) is 66.0 Å². The Morgan fingerprint density at radius 2 is 1.83 bits per heavy atom. The van der Waals surface area contributed by atoms with Crippen molar-refractivity contribution in [3.8, 4) is 11.5 Å². The van der Waals surface area contributed by atoms with Crippen LogP contribution in [0.25, 0.3) is 0 Å². The number of amides is 1. The van der Waals surface area contributed by atoms with Crippen LogP contribution in [0.5, 0.6) is 11.5 Å². The van der Waals surface area contributed by atoms with Gasteiger partial charge in [-0.05, 0) is 35.2 Å². The van der Waals surface area contributed by atoms with Gasteiger partial charge in [-0.1, -0.05) is 39.0 Å². The third kappa shape index (κ3) is 4.13. The lowest BCUT2D eigenvalue weighted by Crippen LogP contribution is -2.16. The maximum Gasteiger partial charge on any atom is 0.274 e. The Hall–Kier alpha value is -3.61. The highest BCUT2D eigenvalue weighted by Gasteiger charge is 2.19. The second-order valence-electron chi connectivity index (χ2n) is 7.71. The number of anilines is 3. The van der Waals surface area contributed by atoms with Crippen molar-refractivity contribution < 1.29 is 14.3 Å². The van der Waals surface area contributed by atoms with E-state index in [1.54, 1.807) is 30.5 Å². The first kappa shape index (κ1) is 18.7. The number of fused-ring (bicyclic) bond motifs is 1. The van der Waals surface area contributed by atoms with Gasteiger partial charge in [0.2, 0.25) is 12.7 Å². The molecule has 0 saturated heterocycles. The van der Waals surface area contributed by atoms with Crippen LogP contribution >= 0.6 is 0 Å². The lowest BCUT2D eigenvalue weighted by molar-refractivity contribution is 0.102. The molecule has 148 valence electrons. The van der Waals surface area contributed by atoms with E-state index >= 15 is 0 Å². The zero-order chi connectivity index (χ0) is 20.4. The summed E-state index contributed by atoms with van der Waals surface area (Å²) in [4.78, 5) is 21.3. The van der Waals surface area contributed by atoms with Crippen LogP contribution in [0.4, 0.5) is 17.3 Å². The minimum Gasteiger partial charge on any atom is -0.454 e. The number of para-hydroxylation sites is 1. The molecule has 0 aliphatic carbocycles. The van der Waals surface area contributed by atoms with Gasteiger partial charge in [-0.2, -0.15) is 0 Å². The quantitative estimate of drug-likeness (QED) is 0.682. The number of nitrogens with zero attached hydrogens (tertiary/aromatic N) is 2. The van der Waals surface area contributed by atoms with E-state index in [-0.39, 0.29) is 23.8 Å². The number of rotatable bonds is 4. The van der Waals surface area contributed by atoms with Crippen LogP contribution < -0.4 is 20.1 Å². The first-order valence-corrected chi connectivity index (χ1v) is 9.31. The fourth-order valence-electron chi connectivity index (χ4n) is 3.08. The summed E-state index contributed by atoms with van der Waals surface area (Å²) in [7, 11) is 0. The summed E-state index contributed by atoms with van der Waals surface area (Å²) >= 11 is 0. The molecule has 7 nitrogen and oxygen atoms in total. The molecule has 0 bridgehead atoms. The molecule has 0 atom stereocenters. The Kier molecular flexibility index (Phi) is 4.80. The van der Waals surface area contributed by atoms with Crippen LogP contribution in [-0.4, -0.2) is 22.7 Å². The molecule has 7 heteroatoms. The molecule has 0 spiro atoms. The van der Waals surface area contributed by atoms with Crippen LogP contribution in [0.2, 0.25) is 0 Å². The van der Waals surface area contributed by atoms with Crippen LogP contribution in [0, 0.1) is 0 Å². The molecule has 3 aromatic rings. The summed E-state index contributed by atoms with van der Waals surface area (Å²) in [6, 6.07) is 14.8. The van der Waals surface area contributed by atoms with Crippen LogP contribution in [-0.2, 0) is 5.41 Å².